The lowest BCUT2D eigenvalue weighted by Gasteiger charge is -2.25. The van der Waals surface area contributed by atoms with Gasteiger partial charge in [0.05, 0.1) is 22.6 Å². The number of hydrogen-bond acceptors (Lipinski definition) is 5. The third-order valence-electron chi connectivity index (χ3n) is 4.63. The number of carbonyl (C=O) groups excluding carboxylic acids is 1. The number of nitrogens with one attached hydrogen (secondary N) is 1. The Balaban J connectivity index is 2.29. The highest BCUT2D eigenvalue weighted by Gasteiger charge is 2.33. The quantitative estimate of drug-likeness (QED) is 0.512. The molecule has 0 fully saturated rings. The van der Waals surface area contributed by atoms with Gasteiger partial charge >= 0.3 is 5.97 Å². The molecule has 0 saturated heterocycles. The second-order valence-corrected chi connectivity index (χ2v) is 9.01. The Morgan fingerprint density at radius 1 is 1.25 bits per heavy atom. The van der Waals surface area contributed by atoms with Gasteiger partial charge in [-0.05, 0) is 51.1 Å². The van der Waals surface area contributed by atoms with Gasteiger partial charge in [-0.2, -0.15) is 5.26 Å². The number of rotatable bonds is 5. The maximum absolute atomic E-state index is 13.3. The smallest absolute Gasteiger partial charge is 0.314 e. The van der Waals surface area contributed by atoms with Crippen LogP contribution in [0.5, 0.6) is 0 Å². The van der Waals surface area contributed by atoms with Crippen LogP contribution in [0.15, 0.2) is 53.6 Å². The molecule has 0 bridgehead atoms. The zero-order valence-corrected chi connectivity index (χ0v) is 19.3. The van der Waals surface area contributed by atoms with Gasteiger partial charge in [-0.3, -0.25) is 14.6 Å². The Kier molecular flexibility index (Phi) is 7.02. The molecule has 1 aromatic carbocycles. The molecule has 0 aliphatic carbocycles. The van der Waals surface area contributed by atoms with E-state index in [0.29, 0.717) is 16.3 Å². The van der Waals surface area contributed by atoms with E-state index in [1.165, 1.54) is 6.20 Å². The molecular formula is C24H21Cl2N3O3. The number of halogens is 2. The van der Waals surface area contributed by atoms with Crippen molar-refractivity contribution in [2.24, 2.45) is 0 Å². The zero-order chi connectivity index (χ0) is 23.5. The van der Waals surface area contributed by atoms with Gasteiger partial charge in [-0.15, -0.1) is 0 Å². The molecule has 1 atom stereocenters. The summed E-state index contributed by atoms with van der Waals surface area (Å²) in [5.74, 6) is -1.62. The lowest BCUT2D eigenvalue weighted by molar-refractivity contribution is -0.156. The maximum Gasteiger partial charge on any atom is 0.314 e. The van der Waals surface area contributed by atoms with Crippen LogP contribution >= 0.6 is 23.2 Å². The molecule has 0 aliphatic rings. The van der Waals surface area contributed by atoms with Crippen LogP contribution in [0, 0.1) is 11.3 Å². The fourth-order valence-electron chi connectivity index (χ4n) is 3.35. The number of nitriles is 1. The van der Waals surface area contributed by atoms with Crippen molar-refractivity contribution < 1.29 is 9.53 Å². The summed E-state index contributed by atoms with van der Waals surface area (Å²) in [4.78, 5) is 33.3. The predicted molar refractivity (Wildman–Crippen MR) is 124 cm³/mol. The molecule has 3 rings (SSSR count). The van der Waals surface area contributed by atoms with Crippen molar-refractivity contribution in [3.63, 3.8) is 0 Å². The van der Waals surface area contributed by atoms with Crippen LogP contribution in [0.2, 0.25) is 10.0 Å². The second-order valence-electron chi connectivity index (χ2n) is 8.17. The van der Waals surface area contributed by atoms with Crippen LogP contribution in [0.1, 0.15) is 43.5 Å². The van der Waals surface area contributed by atoms with Crippen molar-refractivity contribution in [2.45, 2.75) is 38.7 Å². The third kappa shape index (κ3) is 5.37. The number of aromatic amines is 1. The summed E-state index contributed by atoms with van der Waals surface area (Å²) >= 11 is 12.7. The average molecular weight is 470 g/mol. The van der Waals surface area contributed by atoms with Gasteiger partial charge in [0.25, 0.3) is 5.56 Å². The first-order valence-corrected chi connectivity index (χ1v) is 10.6. The number of nitrogens with zero attached hydrogens (tertiary/aromatic N) is 2. The van der Waals surface area contributed by atoms with Crippen LogP contribution in [0.25, 0.3) is 11.1 Å². The summed E-state index contributed by atoms with van der Waals surface area (Å²) in [6.07, 6.45) is 3.04. The first-order valence-electron chi connectivity index (χ1n) is 9.84. The van der Waals surface area contributed by atoms with Crippen molar-refractivity contribution >= 4 is 29.2 Å². The van der Waals surface area contributed by atoms with Crippen LogP contribution in [0.4, 0.5) is 0 Å². The molecule has 1 unspecified atom stereocenters. The molecular weight excluding hydrogens is 449 g/mol. The first-order chi connectivity index (χ1) is 15.1. The molecule has 32 heavy (non-hydrogen) atoms. The normalized spacial score (nSPS) is 12.1. The van der Waals surface area contributed by atoms with E-state index in [-0.39, 0.29) is 28.1 Å². The number of hydrogen-bond donors (Lipinski definition) is 1. The Hall–Kier alpha value is -3.14. The van der Waals surface area contributed by atoms with Gasteiger partial charge < -0.3 is 9.72 Å². The number of benzene rings is 1. The van der Waals surface area contributed by atoms with E-state index in [0.717, 1.165) is 0 Å². The fourth-order valence-corrected chi connectivity index (χ4v) is 3.78. The number of carbonyl (C=O) groups is 1. The Labute approximate surface area is 195 Å². The fraction of sp³-hybridized carbons (Fsp3) is 0.250. The molecule has 0 aliphatic heterocycles. The molecule has 1 N–H and O–H groups in total. The second kappa shape index (κ2) is 9.56. The zero-order valence-electron chi connectivity index (χ0n) is 17.8. The Morgan fingerprint density at radius 2 is 2.00 bits per heavy atom. The summed E-state index contributed by atoms with van der Waals surface area (Å²) in [5.41, 5.74) is 0.293. The highest BCUT2D eigenvalue weighted by Crippen LogP contribution is 2.38. The van der Waals surface area contributed by atoms with Crippen LogP contribution in [0.3, 0.4) is 0 Å². The van der Waals surface area contributed by atoms with E-state index in [1.54, 1.807) is 63.4 Å². The van der Waals surface area contributed by atoms with E-state index in [9.17, 15) is 14.9 Å². The Bertz CT molecular complexity index is 1240. The van der Waals surface area contributed by atoms with Gasteiger partial charge in [-0.1, -0.05) is 29.3 Å². The molecule has 164 valence electrons. The van der Waals surface area contributed by atoms with E-state index < -0.39 is 23.0 Å². The van der Waals surface area contributed by atoms with E-state index in [2.05, 4.69) is 16.0 Å². The monoisotopic (exact) mass is 469 g/mol. The minimum Gasteiger partial charge on any atom is -0.459 e. The maximum atomic E-state index is 13.3. The standard InChI is InChI=1S/C24H21Cl2N3O3/c1-24(2,3)32-23(31)18(11-16-6-4-5-9-28-16)21-20(19(26)13-29-22(21)30)17-10-15(25)8-7-14(17)12-27/h4-10,13,18H,11H2,1-3H3,(H,29,30). The number of H-pyrrole nitrogens is 1. The van der Waals surface area contributed by atoms with E-state index >= 15 is 0 Å². The first kappa shape index (κ1) is 23.5. The lowest BCUT2D eigenvalue weighted by Crippen LogP contribution is -2.32. The molecule has 0 amide bonds. The SMILES string of the molecule is CC(C)(C)OC(=O)C(Cc1ccccn1)c1c(-c2cc(Cl)ccc2C#N)c(Cl)c[nH]c1=O. The van der Waals surface area contributed by atoms with Crippen molar-refractivity contribution in [3.8, 4) is 17.2 Å². The van der Waals surface area contributed by atoms with Gasteiger partial charge in [-0.25, -0.2) is 0 Å². The average Bonchev–Trinajstić information content (AvgIpc) is 2.73. The minimum atomic E-state index is -1.02. The van der Waals surface area contributed by atoms with Gasteiger partial charge in [0.15, 0.2) is 0 Å². The lowest BCUT2D eigenvalue weighted by atomic mass is 9.87. The van der Waals surface area contributed by atoms with Crippen molar-refractivity contribution in [1.82, 2.24) is 9.97 Å². The summed E-state index contributed by atoms with van der Waals surface area (Å²) in [6, 6.07) is 12.1. The van der Waals surface area contributed by atoms with Crippen LogP contribution in [-0.4, -0.2) is 21.5 Å². The summed E-state index contributed by atoms with van der Waals surface area (Å²) in [5, 5.41) is 10.2. The van der Waals surface area contributed by atoms with E-state index in [4.69, 9.17) is 27.9 Å². The number of aromatic nitrogens is 2. The highest BCUT2D eigenvalue weighted by atomic mass is 35.5. The van der Waals surface area contributed by atoms with Gasteiger partial charge in [0, 0.05) is 46.2 Å². The van der Waals surface area contributed by atoms with E-state index in [1.807, 2.05) is 0 Å². The molecule has 0 saturated carbocycles. The third-order valence-corrected chi connectivity index (χ3v) is 5.17. The molecule has 6 nitrogen and oxygen atoms in total. The molecule has 2 aromatic heterocycles. The molecule has 2 heterocycles. The van der Waals surface area contributed by atoms with Crippen molar-refractivity contribution in [3.05, 3.63) is 86.0 Å². The predicted octanol–water partition coefficient (Wildman–Crippen LogP) is 5.28. The minimum absolute atomic E-state index is 0.0937. The number of pyridine rings is 2. The molecule has 0 radical (unpaired) electrons. The highest BCUT2D eigenvalue weighted by molar-refractivity contribution is 6.34. The summed E-state index contributed by atoms with van der Waals surface area (Å²) in [7, 11) is 0. The molecule has 8 heteroatoms. The number of esters is 1. The van der Waals surface area contributed by atoms with Crippen LogP contribution in [-0.2, 0) is 16.0 Å². The summed E-state index contributed by atoms with van der Waals surface area (Å²) < 4.78 is 5.64. The van der Waals surface area contributed by atoms with Crippen molar-refractivity contribution in [2.75, 3.05) is 0 Å². The summed E-state index contributed by atoms with van der Waals surface area (Å²) in [6.45, 7) is 5.24. The molecule has 3 aromatic rings. The Morgan fingerprint density at radius 3 is 2.62 bits per heavy atom. The van der Waals surface area contributed by atoms with Gasteiger partial charge in [0.2, 0.25) is 0 Å². The van der Waals surface area contributed by atoms with Gasteiger partial charge in [0.1, 0.15) is 5.60 Å². The number of ether oxygens (including phenoxy) is 1. The topological polar surface area (TPSA) is 95.8 Å². The van der Waals surface area contributed by atoms with Crippen molar-refractivity contribution in [1.29, 1.82) is 5.26 Å². The van der Waals surface area contributed by atoms with Crippen LogP contribution < -0.4 is 5.56 Å². The molecule has 0 spiro atoms. The largest absolute Gasteiger partial charge is 0.459 e.